The van der Waals surface area contributed by atoms with E-state index in [0.29, 0.717) is 0 Å². The molecule has 0 unspecified atom stereocenters. The first-order valence-corrected chi connectivity index (χ1v) is 7.45. The molecule has 1 aromatic carbocycles. The van der Waals surface area contributed by atoms with Crippen molar-refractivity contribution in [2.24, 2.45) is 5.92 Å². The van der Waals surface area contributed by atoms with Gasteiger partial charge in [0.2, 0.25) is 0 Å². The molecule has 122 valence electrons. The smallest absolute Gasteiger partial charge is 0.321 e. The zero-order valence-corrected chi connectivity index (χ0v) is 14.3. The van der Waals surface area contributed by atoms with Crippen molar-refractivity contribution in [1.82, 2.24) is 0 Å². The summed E-state index contributed by atoms with van der Waals surface area (Å²) in [6.07, 6.45) is 0.134. The van der Waals surface area contributed by atoms with E-state index >= 15 is 0 Å². The van der Waals surface area contributed by atoms with E-state index in [1.165, 1.54) is 5.56 Å². The number of hydrogen-bond acceptors (Lipinski definition) is 3. The Morgan fingerprint density at radius 1 is 1.05 bits per heavy atom. The Morgan fingerprint density at radius 2 is 1.55 bits per heavy atom. The first-order valence-electron chi connectivity index (χ1n) is 7.45. The van der Waals surface area contributed by atoms with E-state index in [0.717, 1.165) is 5.56 Å². The number of benzene rings is 1. The number of aliphatic carboxylic acids is 1. The third-order valence-corrected chi connectivity index (χ3v) is 3.25. The van der Waals surface area contributed by atoms with E-state index in [9.17, 15) is 14.7 Å². The number of carbonyl (C=O) groups is 2. The van der Waals surface area contributed by atoms with Gasteiger partial charge >= 0.3 is 11.9 Å². The van der Waals surface area contributed by atoms with Crippen molar-refractivity contribution in [3.63, 3.8) is 0 Å². The summed E-state index contributed by atoms with van der Waals surface area (Å²) in [5, 5.41) is 9.28. The van der Waals surface area contributed by atoms with Crippen LogP contribution in [0.25, 0.3) is 0 Å². The standard InChI is InChI=1S/C18H26O4/c1-17(2,3)13-9-7-12(8-10-13)11-14(15(19)20)16(21)22-18(4,5)6/h7-10,14H,11H2,1-6H3,(H,19,20)/t14-/m0/s1. The summed E-state index contributed by atoms with van der Waals surface area (Å²) in [5.41, 5.74) is 1.32. The Bertz CT molecular complexity index is 530. The molecule has 0 aromatic heterocycles. The molecule has 0 bridgehead atoms. The molecule has 0 amide bonds. The maximum absolute atomic E-state index is 12.0. The van der Waals surface area contributed by atoms with Crippen LogP contribution in [-0.4, -0.2) is 22.6 Å². The number of ether oxygens (including phenoxy) is 1. The van der Waals surface area contributed by atoms with Crippen LogP contribution in [0.15, 0.2) is 24.3 Å². The molecule has 0 saturated carbocycles. The fourth-order valence-corrected chi connectivity index (χ4v) is 2.02. The normalized spacial score (nSPS) is 13.5. The lowest BCUT2D eigenvalue weighted by Crippen LogP contribution is -2.34. The highest BCUT2D eigenvalue weighted by Crippen LogP contribution is 2.23. The van der Waals surface area contributed by atoms with Crippen LogP contribution >= 0.6 is 0 Å². The van der Waals surface area contributed by atoms with Gasteiger partial charge < -0.3 is 9.84 Å². The predicted octanol–water partition coefficient (Wildman–Crippen LogP) is 3.57. The van der Waals surface area contributed by atoms with Crippen molar-refractivity contribution in [2.75, 3.05) is 0 Å². The van der Waals surface area contributed by atoms with E-state index in [1.54, 1.807) is 20.8 Å². The molecule has 1 rings (SSSR count). The summed E-state index contributed by atoms with van der Waals surface area (Å²) in [6, 6.07) is 7.70. The van der Waals surface area contributed by atoms with Crippen molar-refractivity contribution in [1.29, 1.82) is 0 Å². The van der Waals surface area contributed by atoms with Gasteiger partial charge in [-0.1, -0.05) is 45.0 Å². The molecule has 4 heteroatoms. The molecular weight excluding hydrogens is 280 g/mol. The second-order valence-electron chi connectivity index (χ2n) is 7.58. The van der Waals surface area contributed by atoms with Gasteiger partial charge in [-0.2, -0.15) is 0 Å². The molecule has 1 atom stereocenters. The van der Waals surface area contributed by atoms with Crippen molar-refractivity contribution in [3.8, 4) is 0 Å². The first kappa shape index (κ1) is 18.2. The molecule has 0 spiro atoms. The highest BCUT2D eigenvalue weighted by atomic mass is 16.6. The lowest BCUT2D eigenvalue weighted by atomic mass is 9.86. The Balaban J connectivity index is 2.88. The number of carboxylic acid groups (broad SMARTS) is 1. The quantitative estimate of drug-likeness (QED) is 0.682. The zero-order valence-electron chi connectivity index (χ0n) is 14.3. The SMILES string of the molecule is CC(C)(C)OC(=O)[C@@H](Cc1ccc(C(C)(C)C)cc1)C(=O)O. The summed E-state index contributed by atoms with van der Waals surface area (Å²) in [6.45, 7) is 11.5. The lowest BCUT2D eigenvalue weighted by molar-refractivity contribution is -0.166. The molecule has 1 N–H and O–H groups in total. The lowest BCUT2D eigenvalue weighted by Gasteiger charge is -2.22. The average molecular weight is 306 g/mol. The largest absolute Gasteiger partial charge is 0.481 e. The Hall–Kier alpha value is -1.84. The summed E-state index contributed by atoms with van der Waals surface area (Å²) >= 11 is 0. The van der Waals surface area contributed by atoms with Crippen molar-refractivity contribution < 1.29 is 19.4 Å². The maximum Gasteiger partial charge on any atom is 0.321 e. The van der Waals surface area contributed by atoms with Gasteiger partial charge in [0.25, 0.3) is 0 Å². The Kier molecular flexibility index (Phi) is 5.39. The molecule has 22 heavy (non-hydrogen) atoms. The molecule has 0 aliphatic heterocycles. The Morgan fingerprint density at radius 3 is 1.91 bits per heavy atom. The van der Waals surface area contributed by atoms with Gasteiger partial charge in [-0.15, -0.1) is 0 Å². The van der Waals surface area contributed by atoms with Gasteiger partial charge in [0, 0.05) is 0 Å². The fourth-order valence-electron chi connectivity index (χ4n) is 2.02. The number of hydrogen-bond donors (Lipinski definition) is 1. The number of carboxylic acids is 1. The van der Waals surface area contributed by atoms with Gasteiger partial charge in [-0.05, 0) is 43.7 Å². The monoisotopic (exact) mass is 306 g/mol. The second kappa shape index (κ2) is 6.51. The van der Waals surface area contributed by atoms with E-state index < -0.39 is 23.5 Å². The second-order valence-corrected chi connectivity index (χ2v) is 7.58. The van der Waals surface area contributed by atoms with Gasteiger partial charge in [0.05, 0.1) is 0 Å². The van der Waals surface area contributed by atoms with Crippen molar-refractivity contribution in [3.05, 3.63) is 35.4 Å². The maximum atomic E-state index is 12.0. The van der Waals surface area contributed by atoms with Crippen LogP contribution in [0.5, 0.6) is 0 Å². The van der Waals surface area contributed by atoms with Crippen LogP contribution in [0.4, 0.5) is 0 Å². The van der Waals surface area contributed by atoms with E-state index in [-0.39, 0.29) is 11.8 Å². The van der Waals surface area contributed by atoms with Crippen LogP contribution in [0.3, 0.4) is 0 Å². The number of rotatable bonds is 4. The minimum atomic E-state index is -1.18. The fraction of sp³-hybridized carbons (Fsp3) is 0.556. The summed E-state index contributed by atoms with van der Waals surface area (Å²) in [4.78, 5) is 23.4. The van der Waals surface area contributed by atoms with Crippen LogP contribution in [-0.2, 0) is 26.2 Å². The summed E-state index contributed by atoms with van der Waals surface area (Å²) in [7, 11) is 0. The van der Waals surface area contributed by atoms with Crippen LogP contribution in [0, 0.1) is 5.92 Å². The third-order valence-electron chi connectivity index (χ3n) is 3.25. The molecule has 0 saturated heterocycles. The molecule has 0 radical (unpaired) electrons. The number of carbonyl (C=O) groups excluding carboxylic acids is 1. The summed E-state index contributed by atoms with van der Waals surface area (Å²) < 4.78 is 5.19. The van der Waals surface area contributed by atoms with Crippen molar-refractivity contribution in [2.45, 2.75) is 59.0 Å². The molecule has 0 aliphatic carbocycles. The third kappa shape index (κ3) is 5.51. The average Bonchev–Trinajstić information content (AvgIpc) is 2.32. The van der Waals surface area contributed by atoms with Crippen LogP contribution in [0.2, 0.25) is 0 Å². The van der Waals surface area contributed by atoms with Gasteiger partial charge in [-0.25, -0.2) is 0 Å². The highest BCUT2D eigenvalue weighted by Gasteiger charge is 2.31. The predicted molar refractivity (Wildman–Crippen MR) is 85.8 cm³/mol. The number of esters is 1. The molecular formula is C18H26O4. The first-order chi connectivity index (χ1) is 9.90. The Labute approximate surface area is 132 Å². The molecule has 0 aliphatic rings. The molecule has 1 aromatic rings. The molecule has 4 nitrogen and oxygen atoms in total. The molecule has 0 heterocycles. The van der Waals surface area contributed by atoms with Gasteiger partial charge in [0.1, 0.15) is 5.60 Å². The highest BCUT2D eigenvalue weighted by molar-refractivity contribution is 5.94. The zero-order chi connectivity index (χ0) is 17.1. The van der Waals surface area contributed by atoms with Crippen LogP contribution in [0.1, 0.15) is 52.7 Å². The van der Waals surface area contributed by atoms with Crippen LogP contribution < -0.4 is 0 Å². The minimum absolute atomic E-state index is 0.0376. The van der Waals surface area contributed by atoms with E-state index in [1.807, 2.05) is 24.3 Å². The van der Waals surface area contributed by atoms with Crippen molar-refractivity contribution >= 4 is 11.9 Å². The molecule has 0 fully saturated rings. The summed E-state index contributed by atoms with van der Waals surface area (Å²) in [5.74, 6) is -3.03. The van der Waals surface area contributed by atoms with Gasteiger partial charge in [0.15, 0.2) is 5.92 Å². The van der Waals surface area contributed by atoms with Gasteiger partial charge in [-0.3, -0.25) is 9.59 Å². The topological polar surface area (TPSA) is 63.6 Å². The van der Waals surface area contributed by atoms with E-state index in [4.69, 9.17) is 4.74 Å². The minimum Gasteiger partial charge on any atom is -0.481 e. The van der Waals surface area contributed by atoms with E-state index in [2.05, 4.69) is 20.8 Å².